The largest absolute Gasteiger partial charge is 0.340 e. The number of hydrogen-bond donors (Lipinski definition) is 1. The van der Waals surface area contributed by atoms with Crippen LogP contribution in [0.15, 0.2) is 18.2 Å². The number of hydrogen-bond acceptors (Lipinski definition) is 2. The first kappa shape index (κ1) is 14.3. The molecule has 2 aliphatic rings. The Balaban J connectivity index is 1.85. The van der Waals surface area contributed by atoms with Crippen LogP contribution in [-0.2, 0) is 16.1 Å². The minimum atomic E-state index is -0.838. The second kappa shape index (κ2) is 4.98. The third kappa shape index (κ3) is 2.62. The highest BCUT2D eigenvalue weighted by Gasteiger charge is 2.52. The van der Waals surface area contributed by atoms with E-state index in [1.807, 2.05) is 0 Å². The average molecular weight is 311 g/mol. The van der Waals surface area contributed by atoms with E-state index in [0.29, 0.717) is 10.6 Å². The molecule has 1 aromatic carbocycles. The molecule has 6 heteroatoms. The van der Waals surface area contributed by atoms with E-state index in [4.69, 9.17) is 11.6 Å². The van der Waals surface area contributed by atoms with Crippen molar-refractivity contribution in [3.05, 3.63) is 34.6 Å². The summed E-state index contributed by atoms with van der Waals surface area (Å²) in [4.78, 5) is 26.0. The van der Waals surface area contributed by atoms with Gasteiger partial charge in [-0.25, -0.2) is 4.39 Å². The highest BCUT2D eigenvalue weighted by molar-refractivity contribution is 6.31. The van der Waals surface area contributed by atoms with Crippen LogP contribution >= 0.6 is 11.6 Å². The van der Waals surface area contributed by atoms with Gasteiger partial charge in [0.15, 0.2) is 0 Å². The summed E-state index contributed by atoms with van der Waals surface area (Å²) in [5, 5.41) is 3.20. The van der Waals surface area contributed by atoms with Gasteiger partial charge in [0.05, 0.1) is 6.54 Å². The maximum atomic E-state index is 13.3. The summed E-state index contributed by atoms with van der Waals surface area (Å²) >= 11 is 6.04. The Morgan fingerprint density at radius 3 is 2.81 bits per heavy atom. The van der Waals surface area contributed by atoms with Crippen LogP contribution in [0.4, 0.5) is 4.39 Å². The van der Waals surface area contributed by atoms with Crippen LogP contribution in [0.2, 0.25) is 5.02 Å². The van der Waals surface area contributed by atoms with Crippen molar-refractivity contribution in [3.8, 4) is 0 Å². The zero-order chi connectivity index (χ0) is 15.2. The molecular weight excluding hydrogens is 295 g/mol. The molecule has 1 unspecified atom stereocenters. The lowest BCUT2D eigenvalue weighted by Gasteiger charge is -2.40. The predicted octanol–water partition coefficient (Wildman–Crippen LogP) is 2.11. The van der Waals surface area contributed by atoms with Gasteiger partial charge in [0.2, 0.25) is 11.8 Å². The lowest BCUT2D eigenvalue weighted by atomic mass is 9.91. The highest BCUT2D eigenvalue weighted by atomic mass is 35.5. The van der Waals surface area contributed by atoms with Gasteiger partial charge in [-0.05, 0) is 49.4 Å². The van der Waals surface area contributed by atoms with Crippen LogP contribution in [0.1, 0.15) is 25.3 Å². The van der Waals surface area contributed by atoms with Gasteiger partial charge < -0.3 is 10.2 Å². The molecule has 2 amide bonds. The van der Waals surface area contributed by atoms with Crippen molar-refractivity contribution in [1.29, 1.82) is 0 Å². The number of nitrogens with zero attached hydrogens (tertiary/aromatic N) is 1. The molecule has 0 aromatic heterocycles. The van der Waals surface area contributed by atoms with E-state index < -0.39 is 11.4 Å². The molecule has 1 N–H and O–H groups in total. The number of benzene rings is 1. The van der Waals surface area contributed by atoms with Crippen LogP contribution < -0.4 is 5.32 Å². The van der Waals surface area contributed by atoms with Crippen molar-refractivity contribution in [2.75, 3.05) is 6.54 Å². The topological polar surface area (TPSA) is 49.4 Å². The van der Waals surface area contributed by atoms with Gasteiger partial charge in [0, 0.05) is 11.6 Å². The summed E-state index contributed by atoms with van der Waals surface area (Å²) in [6.07, 6.45) is 1.88. The minimum Gasteiger partial charge on any atom is -0.340 e. The number of rotatable bonds is 3. The van der Waals surface area contributed by atoms with E-state index in [1.165, 1.54) is 23.1 Å². The Morgan fingerprint density at radius 2 is 2.14 bits per heavy atom. The van der Waals surface area contributed by atoms with Crippen molar-refractivity contribution < 1.29 is 14.0 Å². The van der Waals surface area contributed by atoms with E-state index in [-0.39, 0.29) is 30.8 Å². The molecule has 112 valence electrons. The molecule has 1 aliphatic heterocycles. The monoisotopic (exact) mass is 310 g/mol. The van der Waals surface area contributed by atoms with Crippen molar-refractivity contribution in [1.82, 2.24) is 10.2 Å². The SMILES string of the molecule is CC1(C2CC2)NC(=O)CN(Cc2cc(F)ccc2Cl)C1=O. The quantitative estimate of drug-likeness (QED) is 0.929. The average Bonchev–Trinajstić information content (AvgIpc) is 3.24. The molecule has 1 saturated carbocycles. The molecule has 0 spiro atoms. The number of carbonyl (C=O) groups excluding carboxylic acids is 2. The van der Waals surface area contributed by atoms with E-state index in [0.717, 1.165) is 12.8 Å². The summed E-state index contributed by atoms with van der Waals surface area (Å²) in [5.41, 5.74) is -0.326. The molecule has 1 saturated heterocycles. The van der Waals surface area contributed by atoms with Gasteiger partial charge in [-0.2, -0.15) is 0 Å². The summed E-state index contributed by atoms with van der Waals surface area (Å²) in [6.45, 7) is 1.89. The Hall–Kier alpha value is -1.62. The van der Waals surface area contributed by atoms with E-state index in [2.05, 4.69) is 5.32 Å². The fraction of sp³-hybridized carbons (Fsp3) is 0.467. The van der Waals surface area contributed by atoms with Gasteiger partial charge in [0.1, 0.15) is 11.4 Å². The first-order chi connectivity index (χ1) is 9.90. The second-order valence-corrected chi connectivity index (χ2v) is 6.33. The maximum absolute atomic E-state index is 13.3. The molecule has 1 atom stereocenters. The van der Waals surface area contributed by atoms with E-state index in [1.54, 1.807) is 6.92 Å². The summed E-state index contributed by atoms with van der Waals surface area (Å²) in [6, 6.07) is 4.03. The maximum Gasteiger partial charge on any atom is 0.249 e. The molecule has 21 heavy (non-hydrogen) atoms. The van der Waals surface area contributed by atoms with Gasteiger partial charge in [-0.15, -0.1) is 0 Å². The fourth-order valence-electron chi connectivity index (χ4n) is 2.89. The van der Waals surface area contributed by atoms with E-state index >= 15 is 0 Å². The molecule has 2 fully saturated rings. The molecule has 0 bridgehead atoms. The molecule has 1 aromatic rings. The standard InChI is InChI=1S/C15H16ClFN2O2/c1-15(10-2-3-10)14(21)19(8-13(20)18-15)7-9-6-11(17)4-5-12(9)16/h4-6,10H,2-3,7-8H2,1H3,(H,18,20). The van der Waals surface area contributed by atoms with Crippen LogP contribution in [0.5, 0.6) is 0 Å². The zero-order valence-corrected chi connectivity index (χ0v) is 12.4. The molecule has 1 heterocycles. The lowest BCUT2D eigenvalue weighted by Crippen LogP contribution is -2.66. The van der Waals surface area contributed by atoms with Crippen molar-refractivity contribution in [2.24, 2.45) is 5.92 Å². The highest BCUT2D eigenvalue weighted by Crippen LogP contribution is 2.41. The molecule has 3 rings (SSSR count). The summed E-state index contributed by atoms with van der Waals surface area (Å²) in [7, 11) is 0. The van der Waals surface area contributed by atoms with Gasteiger partial charge in [0.25, 0.3) is 0 Å². The first-order valence-electron chi connectivity index (χ1n) is 6.94. The fourth-order valence-corrected chi connectivity index (χ4v) is 3.07. The predicted molar refractivity (Wildman–Crippen MR) is 76.1 cm³/mol. The van der Waals surface area contributed by atoms with Crippen LogP contribution in [0.3, 0.4) is 0 Å². The molecular formula is C15H16ClFN2O2. The molecule has 0 radical (unpaired) electrons. The van der Waals surface area contributed by atoms with E-state index in [9.17, 15) is 14.0 Å². The van der Waals surface area contributed by atoms with Gasteiger partial charge in [-0.1, -0.05) is 11.6 Å². The van der Waals surface area contributed by atoms with Crippen molar-refractivity contribution in [2.45, 2.75) is 31.8 Å². The van der Waals surface area contributed by atoms with Crippen LogP contribution in [0.25, 0.3) is 0 Å². The number of halogens is 2. The summed E-state index contributed by atoms with van der Waals surface area (Å²) in [5.74, 6) is -0.519. The molecule has 4 nitrogen and oxygen atoms in total. The normalized spacial score (nSPS) is 26.0. The van der Waals surface area contributed by atoms with Gasteiger partial charge in [-0.3, -0.25) is 9.59 Å². The second-order valence-electron chi connectivity index (χ2n) is 5.92. The number of carbonyl (C=O) groups is 2. The Morgan fingerprint density at radius 1 is 1.43 bits per heavy atom. The zero-order valence-electron chi connectivity index (χ0n) is 11.7. The number of nitrogens with one attached hydrogen (secondary N) is 1. The first-order valence-corrected chi connectivity index (χ1v) is 7.32. The van der Waals surface area contributed by atoms with Crippen molar-refractivity contribution >= 4 is 23.4 Å². The third-order valence-corrected chi connectivity index (χ3v) is 4.60. The Bertz CT molecular complexity index is 618. The Labute approximate surface area is 127 Å². The smallest absolute Gasteiger partial charge is 0.249 e. The summed E-state index contributed by atoms with van der Waals surface area (Å²) < 4.78 is 13.3. The minimum absolute atomic E-state index is 0.0199. The van der Waals surface area contributed by atoms with Gasteiger partial charge >= 0.3 is 0 Å². The molecule has 1 aliphatic carbocycles. The lowest BCUT2D eigenvalue weighted by molar-refractivity contribution is -0.150. The van der Waals surface area contributed by atoms with Crippen LogP contribution in [-0.4, -0.2) is 28.8 Å². The number of piperazine rings is 1. The number of amides is 2. The third-order valence-electron chi connectivity index (χ3n) is 4.23. The van der Waals surface area contributed by atoms with Crippen LogP contribution in [0, 0.1) is 11.7 Å². The van der Waals surface area contributed by atoms with Crippen molar-refractivity contribution in [3.63, 3.8) is 0 Å². The Kier molecular flexibility index (Phi) is 3.40.